The Kier molecular flexibility index (Phi) is 7.46. The van der Waals surface area contributed by atoms with E-state index in [0.29, 0.717) is 35.7 Å². The minimum absolute atomic E-state index is 0.0616. The van der Waals surface area contributed by atoms with Crippen LogP contribution in [0.15, 0.2) is 90.1 Å². The van der Waals surface area contributed by atoms with E-state index in [9.17, 15) is 22.8 Å². The number of hydrogen-bond acceptors (Lipinski definition) is 4. The second kappa shape index (κ2) is 11.0. The molecule has 5 nitrogen and oxygen atoms in total. The Balaban J connectivity index is 1.66. The summed E-state index contributed by atoms with van der Waals surface area (Å²) in [4.78, 5) is 27.6. The van der Waals surface area contributed by atoms with Crippen LogP contribution >= 0.6 is 0 Å². The van der Waals surface area contributed by atoms with Crippen molar-refractivity contribution < 1.29 is 27.5 Å². The van der Waals surface area contributed by atoms with Crippen LogP contribution in [0, 0.1) is 0 Å². The predicted molar refractivity (Wildman–Crippen MR) is 144 cm³/mol. The summed E-state index contributed by atoms with van der Waals surface area (Å²) in [5.41, 5.74) is 2.48. The molecule has 1 aliphatic heterocycles. The molecular weight excluding hydrogens is 505 g/mol. The van der Waals surface area contributed by atoms with E-state index >= 15 is 0 Å². The van der Waals surface area contributed by atoms with Crippen molar-refractivity contribution in [3.05, 3.63) is 101 Å². The molecule has 2 atom stereocenters. The van der Waals surface area contributed by atoms with Gasteiger partial charge in [-0.1, -0.05) is 67.9 Å². The van der Waals surface area contributed by atoms with E-state index < -0.39 is 18.1 Å². The maximum Gasteiger partial charge on any atom is 0.471 e. The number of benzene rings is 3. The number of halogens is 3. The molecule has 39 heavy (non-hydrogen) atoms. The lowest BCUT2D eigenvalue weighted by Gasteiger charge is -2.35. The van der Waals surface area contributed by atoms with Gasteiger partial charge in [-0.25, -0.2) is 0 Å². The van der Waals surface area contributed by atoms with Crippen molar-refractivity contribution in [2.24, 2.45) is 0 Å². The Morgan fingerprint density at radius 1 is 0.949 bits per heavy atom. The van der Waals surface area contributed by atoms with Crippen LogP contribution in [0.2, 0.25) is 0 Å². The largest absolute Gasteiger partial charge is 0.494 e. The van der Waals surface area contributed by atoms with Crippen molar-refractivity contribution in [2.75, 3.05) is 16.8 Å². The first kappa shape index (κ1) is 26.5. The maximum atomic E-state index is 14.1. The zero-order valence-electron chi connectivity index (χ0n) is 21.5. The van der Waals surface area contributed by atoms with E-state index in [1.54, 1.807) is 42.5 Å². The standard InChI is InChI=1S/C31H29F3N2O3/c1-2-3-17-39-23-15-13-21(14-16-23)29-28-25(18-22(19-27(28)37)20-9-5-4-6-10-20)35-24-11-7-8-12-26(24)36(29)30(38)31(32,33)34/h4-16,22,29,35H,2-3,17-19H2,1H3/t22-,29-/m1/s1. The first-order chi connectivity index (χ1) is 18.8. The first-order valence-electron chi connectivity index (χ1n) is 13.1. The van der Waals surface area contributed by atoms with Crippen LogP contribution < -0.4 is 15.0 Å². The third-order valence-electron chi connectivity index (χ3n) is 7.18. The lowest BCUT2D eigenvalue weighted by molar-refractivity contribution is -0.170. The summed E-state index contributed by atoms with van der Waals surface area (Å²) < 4.78 is 47.9. The summed E-state index contributed by atoms with van der Waals surface area (Å²) in [6, 6.07) is 21.3. The minimum Gasteiger partial charge on any atom is -0.494 e. The quantitative estimate of drug-likeness (QED) is 0.337. The number of unbranched alkanes of at least 4 members (excludes halogenated alkanes) is 1. The van der Waals surface area contributed by atoms with Gasteiger partial charge in [0.1, 0.15) is 5.75 Å². The number of rotatable bonds is 6. The average molecular weight is 535 g/mol. The number of fused-ring (bicyclic) bond motifs is 1. The zero-order chi connectivity index (χ0) is 27.6. The fourth-order valence-corrected chi connectivity index (χ4v) is 5.31. The maximum absolute atomic E-state index is 14.1. The fourth-order valence-electron chi connectivity index (χ4n) is 5.31. The summed E-state index contributed by atoms with van der Waals surface area (Å²) in [6.45, 7) is 2.56. The van der Waals surface area contributed by atoms with Crippen molar-refractivity contribution in [1.82, 2.24) is 0 Å². The highest BCUT2D eigenvalue weighted by Gasteiger charge is 2.49. The Hall–Kier alpha value is -4.07. The summed E-state index contributed by atoms with van der Waals surface area (Å²) in [5, 5.41) is 3.25. The number of amides is 1. The highest BCUT2D eigenvalue weighted by atomic mass is 19.4. The van der Waals surface area contributed by atoms with E-state index in [2.05, 4.69) is 5.32 Å². The minimum atomic E-state index is -5.15. The summed E-state index contributed by atoms with van der Waals surface area (Å²) in [5.74, 6) is -1.89. The van der Waals surface area contributed by atoms with E-state index in [1.807, 2.05) is 37.3 Å². The molecule has 2 aliphatic rings. The number of nitrogens with one attached hydrogen (secondary N) is 1. The van der Waals surface area contributed by atoms with Gasteiger partial charge < -0.3 is 10.1 Å². The van der Waals surface area contributed by atoms with Crippen molar-refractivity contribution in [3.8, 4) is 5.75 Å². The molecular formula is C31H29F3N2O3. The van der Waals surface area contributed by atoms with E-state index in [0.717, 1.165) is 23.3 Å². The van der Waals surface area contributed by atoms with Gasteiger partial charge in [-0.3, -0.25) is 14.5 Å². The molecule has 0 saturated carbocycles. The highest BCUT2D eigenvalue weighted by molar-refractivity contribution is 6.07. The number of anilines is 2. The van der Waals surface area contributed by atoms with Gasteiger partial charge in [0, 0.05) is 17.7 Å². The Morgan fingerprint density at radius 2 is 1.64 bits per heavy atom. The molecule has 3 aromatic carbocycles. The topological polar surface area (TPSA) is 58.6 Å². The number of nitrogens with zero attached hydrogens (tertiary/aromatic N) is 1. The molecule has 0 bridgehead atoms. The predicted octanol–water partition coefficient (Wildman–Crippen LogP) is 7.33. The van der Waals surface area contributed by atoms with E-state index in [4.69, 9.17) is 4.74 Å². The summed E-state index contributed by atoms with van der Waals surface area (Å²) >= 11 is 0. The Morgan fingerprint density at radius 3 is 2.33 bits per heavy atom. The van der Waals surface area contributed by atoms with Crippen LogP contribution in [0.5, 0.6) is 5.75 Å². The van der Waals surface area contributed by atoms with Crippen molar-refractivity contribution in [3.63, 3.8) is 0 Å². The molecule has 0 radical (unpaired) electrons. The molecule has 0 saturated heterocycles. The summed E-state index contributed by atoms with van der Waals surface area (Å²) in [7, 11) is 0. The number of allylic oxidation sites excluding steroid dienone is 1. The van der Waals surface area contributed by atoms with Crippen molar-refractivity contribution in [1.29, 1.82) is 0 Å². The van der Waals surface area contributed by atoms with Crippen LogP contribution in [-0.2, 0) is 9.59 Å². The number of ketones is 1. The first-order valence-corrected chi connectivity index (χ1v) is 13.1. The smallest absolute Gasteiger partial charge is 0.471 e. The van der Waals surface area contributed by atoms with E-state index in [-0.39, 0.29) is 29.4 Å². The van der Waals surface area contributed by atoms with Crippen molar-refractivity contribution in [2.45, 2.75) is 50.7 Å². The lowest BCUT2D eigenvalue weighted by Crippen LogP contribution is -2.45. The SMILES string of the molecule is CCCCOc1ccc([C@@H]2C3=C(C[C@@H](c4ccccc4)CC3=O)Nc3ccccc3N2C(=O)C(F)(F)F)cc1. The molecule has 8 heteroatoms. The van der Waals surface area contributed by atoms with Crippen LogP contribution in [0.1, 0.15) is 55.7 Å². The molecule has 3 aromatic rings. The number of Topliss-reactive ketones (excluding diaryl/α,β-unsaturated/α-hetero) is 1. The normalized spacial score (nSPS) is 19.1. The highest BCUT2D eigenvalue weighted by Crippen LogP contribution is 2.48. The molecule has 5 rings (SSSR count). The third kappa shape index (κ3) is 5.41. The Labute approximate surface area is 225 Å². The van der Waals surface area contributed by atoms with Gasteiger partial charge in [-0.05, 0) is 54.2 Å². The third-order valence-corrected chi connectivity index (χ3v) is 7.18. The second-order valence-corrected chi connectivity index (χ2v) is 9.82. The van der Waals surface area contributed by atoms with Crippen LogP contribution in [0.4, 0.5) is 24.5 Å². The van der Waals surface area contributed by atoms with Gasteiger partial charge in [0.2, 0.25) is 0 Å². The number of carbonyl (C=O) groups excluding carboxylic acids is 2. The van der Waals surface area contributed by atoms with Gasteiger partial charge in [0.05, 0.1) is 24.0 Å². The van der Waals surface area contributed by atoms with Crippen LogP contribution in [0.3, 0.4) is 0 Å². The zero-order valence-corrected chi connectivity index (χ0v) is 21.5. The van der Waals surface area contributed by atoms with Gasteiger partial charge in [-0.2, -0.15) is 13.2 Å². The van der Waals surface area contributed by atoms with Crippen LogP contribution in [0.25, 0.3) is 0 Å². The molecule has 202 valence electrons. The second-order valence-electron chi connectivity index (χ2n) is 9.82. The number of carbonyl (C=O) groups is 2. The summed E-state index contributed by atoms with van der Waals surface area (Å²) in [6.07, 6.45) is -2.77. The van der Waals surface area contributed by atoms with Gasteiger partial charge in [0.25, 0.3) is 0 Å². The number of ether oxygens (including phenoxy) is 1. The van der Waals surface area contributed by atoms with Crippen LogP contribution in [-0.4, -0.2) is 24.5 Å². The molecule has 1 aliphatic carbocycles. The number of para-hydroxylation sites is 2. The lowest BCUT2D eigenvalue weighted by atomic mass is 9.78. The number of hydrogen-bond donors (Lipinski definition) is 1. The van der Waals surface area contributed by atoms with Gasteiger partial charge in [-0.15, -0.1) is 0 Å². The number of alkyl halides is 3. The molecule has 0 aromatic heterocycles. The van der Waals surface area contributed by atoms with Gasteiger partial charge >= 0.3 is 12.1 Å². The monoisotopic (exact) mass is 534 g/mol. The molecule has 0 spiro atoms. The molecule has 0 unspecified atom stereocenters. The van der Waals surface area contributed by atoms with E-state index in [1.165, 1.54) is 6.07 Å². The fraction of sp³-hybridized carbons (Fsp3) is 0.290. The molecule has 1 heterocycles. The molecule has 1 amide bonds. The van der Waals surface area contributed by atoms with Gasteiger partial charge in [0.15, 0.2) is 5.78 Å². The average Bonchev–Trinajstić information content (AvgIpc) is 3.08. The molecule has 1 N–H and O–H groups in total. The Bertz CT molecular complexity index is 1380. The molecule has 0 fully saturated rings. The van der Waals surface area contributed by atoms with Crippen molar-refractivity contribution >= 4 is 23.1 Å².